The number of fused-ring (bicyclic) bond motifs is 12. The van der Waals surface area contributed by atoms with Gasteiger partial charge < -0.3 is 0 Å². The van der Waals surface area contributed by atoms with Crippen molar-refractivity contribution >= 4 is 10.8 Å². The third-order valence-electron chi connectivity index (χ3n) is 10.3. The molecule has 2 aliphatic carbocycles. The molecule has 1 spiro atoms. The first-order chi connectivity index (χ1) is 23.3. The Morgan fingerprint density at radius 2 is 0.830 bits per heavy atom. The second-order valence-electron chi connectivity index (χ2n) is 12.6. The molecule has 1 nitrogen and oxygen atoms in total. The SMILES string of the molecule is c1ccc(-c2cc(-c3cc4ccccc4c4c3-c3ccccc3C43c4ccccc4-c4ccccc43)cc(-c3ccccc3)n2)cc1. The van der Waals surface area contributed by atoms with Crippen LogP contribution in [0.1, 0.15) is 22.3 Å². The maximum absolute atomic E-state index is 5.23. The van der Waals surface area contributed by atoms with E-state index in [0.717, 1.165) is 22.5 Å². The normalized spacial score (nSPS) is 13.3. The minimum absolute atomic E-state index is 0.424. The number of hydrogen-bond donors (Lipinski definition) is 0. The van der Waals surface area contributed by atoms with Gasteiger partial charge in [-0.2, -0.15) is 0 Å². The number of nitrogens with zero attached hydrogens (tertiary/aromatic N) is 1. The van der Waals surface area contributed by atoms with Gasteiger partial charge in [0, 0.05) is 11.1 Å². The Kier molecular flexibility index (Phi) is 5.56. The smallest absolute Gasteiger partial charge is 0.0731 e. The van der Waals surface area contributed by atoms with Gasteiger partial charge in [0.25, 0.3) is 0 Å². The predicted molar refractivity (Wildman–Crippen MR) is 194 cm³/mol. The molecule has 1 heterocycles. The first-order valence-electron chi connectivity index (χ1n) is 16.3. The van der Waals surface area contributed by atoms with Crippen molar-refractivity contribution in [2.45, 2.75) is 5.41 Å². The third kappa shape index (κ3) is 3.63. The zero-order chi connectivity index (χ0) is 31.0. The molecule has 0 N–H and O–H groups in total. The van der Waals surface area contributed by atoms with Crippen LogP contribution in [-0.2, 0) is 5.41 Å². The first-order valence-corrected chi connectivity index (χ1v) is 16.3. The molecule has 0 unspecified atom stereocenters. The topological polar surface area (TPSA) is 12.9 Å². The van der Waals surface area contributed by atoms with Gasteiger partial charge in [-0.25, -0.2) is 4.98 Å². The lowest BCUT2D eigenvalue weighted by Gasteiger charge is -2.31. The van der Waals surface area contributed by atoms with E-state index >= 15 is 0 Å². The summed E-state index contributed by atoms with van der Waals surface area (Å²) in [6.45, 7) is 0. The average Bonchev–Trinajstić information content (AvgIpc) is 3.63. The Balaban J connectivity index is 1.37. The van der Waals surface area contributed by atoms with Gasteiger partial charge in [0.1, 0.15) is 0 Å². The van der Waals surface area contributed by atoms with Crippen molar-refractivity contribution in [3.05, 3.63) is 198 Å². The molecule has 1 aromatic heterocycles. The fourth-order valence-corrected chi connectivity index (χ4v) is 8.40. The lowest BCUT2D eigenvalue weighted by atomic mass is 9.69. The largest absolute Gasteiger partial charge is 0.248 e. The van der Waals surface area contributed by atoms with Crippen molar-refractivity contribution in [2.75, 3.05) is 0 Å². The molecular formula is C46H29N. The number of aromatic nitrogens is 1. The summed E-state index contributed by atoms with van der Waals surface area (Å²) in [5.41, 5.74) is 16.9. The van der Waals surface area contributed by atoms with Crippen molar-refractivity contribution < 1.29 is 0 Å². The molecule has 10 rings (SSSR count). The van der Waals surface area contributed by atoms with Gasteiger partial charge in [-0.3, -0.25) is 0 Å². The Hall–Kier alpha value is -6.05. The molecule has 0 aliphatic heterocycles. The van der Waals surface area contributed by atoms with Crippen LogP contribution in [0.25, 0.3) is 66.7 Å². The maximum Gasteiger partial charge on any atom is 0.0731 e. The van der Waals surface area contributed by atoms with Crippen molar-refractivity contribution in [3.63, 3.8) is 0 Å². The number of pyridine rings is 1. The summed E-state index contributed by atoms with van der Waals surface area (Å²) < 4.78 is 0. The molecule has 0 saturated heterocycles. The molecule has 0 fully saturated rings. The van der Waals surface area contributed by atoms with Gasteiger partial charge in [-0.05, 0) is 84.6 Å². The third-order valence-corrected chi connectivity index (χ3v) is 10.3. The zero-order valence-corrected chi connectivity index (χ0v) is 25.7. The molecule has 47 heavy (non-hydrogen) atoms. The molecule has 2 aliphatic rings. The van der Waals surface area contributed by atoms with Crippen molar-refractivity contribution in [3.8, 4) is 55.9 Å². The molecule has 7 aromatic carbocycles. The monoisotopic (exact) mass is 595 g/mol. The predicted octanol–water partition coefficient (Wildman–Crippen LogP) is 11.6. The lowest BCUT2D eigenvalue weighted by molar-refractivity contribution is 0.801. The summed E-state index contributed by atoms with van der Waals surface area (Å²) in [6.07, 6.45) is 0. The Bertz CT molecular complexity index is 2410. The van der Waals surface area contributed by atoms with E-state index < -0.39 is 5.41 Å². The van der Waals surface area contributed by atoms with Crippen LogP contribution >= 0.6 is 0 Å². The fourth-order valence-electron chi connectivity index (χ4n) is 8.40. The highest BCUT2D eigenvalue weighted by Crippen LogP contribution is 2.65. The quantitative estimate of drug-likeness (QED) is 0.198. The van der Waals surface area contributed by atoms with E-state index in [9.17, 15) is 0 Å². The van der Waals surface area contributed by atoms with Gasteiger partial charge in [0.05, 0.1) is 16.8 Å². The number of benzene rings is 7. The van der Waals surface area contributed by atoms with E-state index in [4.69, 9.17) is 4.98 Å². The van der Waals surface area contributed by atoms with Gasteiger partial charge in [-0.15, -0.1) is 0 Å². The van der Waals surface area contributed by atoms with Crippen molar-refractivity contribution in [1.82, 2.24) is 4.98 Å². The van der Waals surface area contributed by atoms with Crippen LogP contribution in [-0.4, -0.2) is 4.98 Å². The molecule has 0 amide bonds. The second-order valence-corrected chi connectivity index (χ2v) is 12.6. The molecule has 1 heteroatoms. The van der Waals surface area contributed by atoms with Crippen LogP contribution < -0.4 is 0 Å². The summed E-state index contributed by atoms with van der Waals surface area (Å²) in [4.78, 5) is 5.23. The Morgan fingerprint density at radius 3 is 1.43 bits per heavy atom. The standard InChI is InChI=1S/C46H29N/c1-3-15-30(16-4-1)42-28-33(29-43(47-42)31-17-5-2-6-18-31)38-27-32-19-7-8-20-34(32)45-44(38)37-23-11-14-26-41(37)46(45)39-24-12-9-21-35(39)36-22-10-13-25-40(36)46/h1-29H. The van der Waals surface area contributed by atoms with E-state index in [1.165, 1.54) is 66.4 Å². The van der Waals surface area contributed by atoms with Crippen LogP contribution in [0.15, 0.2) is 176 Å². The minimum Gasteiger partial charge on any atom is -0.248 e. The minimum atomic E-state index is -0.424. The summed E-state index contributed by atoms with van der Waals surface area (Å²) in [5.74, 6) is 0. The van der Waals surface area contributed by atoms with Gasteiger partial charge >= 0.3 is 0 Å². The maximum atomic E-state index is 5.23. The molecule has 0 bridgehead atoms. The Labute approximate surface area is 274 Å². The van der Waals surface area contributed by atoms with E-state index in [1.54, 1.807) is 0 Å². The van der Waals surface area contributed by atoms with E-state index in [-0.39, 0.29) is 0 Å². The fraction of sp³-hybridized carbons (Fsp3) is 0.0217. The van der Waals surface area contributed by atoms with Crippen molar-refractivity contribution in [1.29, 1.82) is 0 Å². The van der Waals surface area contributed by atoms with E-state index in [1.807, 2.05) is 0 Å². The zero-order valence-electron chi connectivity index (χ0n) is 25.7. The summed E-state index contributed by atoms with van der Waals surface area (Å²) in [5, 5.41) is 2.55. The molecule has 0 atom stereocenters. The molecule has 0 saturated carbocycles. The van der Waals surface area contributed by atoms with Crippen LogP contribution in [0.5, 0.6) is 0 Å². The summed E-state index contributed by atoms with van der Waals surface area (Å²) >= 11 is 0. The summed E-state index contributed by atoms with van der Waals surface area (Å²) in [7, 11) is 0. The first kappa shape index (κ1) is 26.2. The van der Waals surface area contributed by atoms with Crippen molar-refractivity contribution in [2.24, 2.45) is 0 Å². The molecule has 218 valence electrons. The average molecular weight is 596 g/mol. The second kappa shape index (κ2) is 9.97. The lowest BCUT2D eigenvalue weighted by Crippen LogP contribution is -2.26. The van der Waals surface area contributed by atoms with Crippen LogP contribution in [0.4, 0.5) is 0 Å². The van der Waals surface area contributed by atoms with Crippen LogP contribution in [0, 0.1) is 0 Å². The highest BCUT2D eigenvalue weighted by Gasteiger charge is 2.52. The molecule has 0 radical (unpaired) electrons. The highest BCUT2D eigenvalue weighted by molar-refractivity contribution is 6.09. The van der Waals surface area contributed by atoms with Crippen LogP contribution in [0.3, 0.4) is 0 Å². The Morgan fingerprint density at radius 1 is 0.362 bits per heavy atom. The van der Waals surface area contributed by atoms with Gasteiger partial charge in [-0.1, -0.05) is 158 Å². The van der Waals surface area contributed by atoms with Crippen LogP contribution in [0.2, 0.25) is 0 Å². The highest BCUT2D eigenvalue weighted by atomic mass is 14.7. The summed E-state index contributed by atoms with van der Waals surface area (Å²) in [6, 6.07) is 64.3. The van der Waals surface area contributed by atoms with E-state index in [0.29, 0.717) is 0 Å². The number of hydrogen-bond acceptors (Lipinski definition) is 1. The molecule has 8 aromatic rings. The van der Waals surface area contributed by atoms with Gasteiger partial charge in [0.15, 0.2) is 0 Å². The number of rotatable bonds is 3. The van der Waals surface area contributed by atoms with E-state index in [2.05, 4.69) is 176 Å². The van der Waals surface area contributed by atoms with Gasteiger partial charge in [0.2, 0.25) is 0 Å². The molecular weight excluding hydrogens is 567 g/mol.